The minimum Gasteiger partial charge on any atom is -0.399 e. The van der Waals surface area contributed by atoms with Crippen LogP contribution in [-0.4, -0.2) is 16.9 Å². The van der Waals surface area contributed by atoms with Crippen molar-refractivity contribution in [2.75, 3.05) is 12.8 Å². The summed E-state index contributed by atoms with van der Waals surface area (Å²) in [5, 5.41) is 1.16. The molecule has 20 heavy (non-hydrogen) atoms. The molecule has 0 saturated heterocycles. The second kappa shape index (κ2) is 5.61. The van der Waals surface area contributed by atoms with Gasteiger partial charge in [-0.3, -0.25) is 4.90 Å². The average molecular weight is 283 g/mol. The van der Waals surface area contributed by atoms with E-state index in [1.54, 1.807) is 11.3 Å². The number of thiazole rings is 1. The minimum absolute atomic E-state index is 0.808. The van der Waals surface area contributed by atoms with Gasteiger partial charge in [0, 0.05) is 12.2 Å². The molecule has 0 unspecified atom stereocenters. The lowest BCUT2D eigenvalue weighted by Gasteiger charge is -2.15. The zero-order valence-corrected chi connectivity index (χ0v) is 12.2. The Kier molecular flexibility index (Phi) is 3.67. The fourth-order valence-corrected chi connectivity index (χ4v) is 3.26. The molecule has 0 spiro atoms. The molecule has 0 fully saturated rings. The van der Waals surface area contributed by atoms with Gasteiger partial charge in [0.25, 0.3) is 0 Å². The van der Waals surface area contributed by atoms with Crippen molar-refractivity contribution in [1.82, 2.24) is 9.88 Å². The summed E-state index contributed by atoms with van der Waals surface area (Å²) in [5.41, 5.74) is 8.87. The quantitative estimate of drug-likeness (QED) is 0.745. The summed E-state index contributed by atoms with van der Waals surface area (Å²) in [4.78, 5) is 6.93. The zero-order chi connectivity index (χ0) is 13.9. The van der Waals surface area contributed by atoms with Gasteiger partial charge in [-0.25, -0.2) is 4.98 Å². The maximum absolute atomic E-state index is 5.70. The Balaban J connectivity index is 1.69. The first kappa shape index (κ1) is 13.1. The number of fused-ring (bicyclic) bond motifs is 1. The third kappa shape index (κ3) is 2.98. The van der Waals surface area contributed by atoms with E-state index in [1.165, 1.54) is 10.3 Å². The second-order valence-electron chi connectivity index (χ2n) is 4.99. The predicted octanol–water partition coefficient (Wildman–Crippen LogP) is 3.51. The van der Waals surface area contributed by atoms with Crippen molar-refractivity contribution in [2.24, 2.45) is 0 Å². The summed E-state index contributed by atoms with van der Waals surface area (Å²) >= 11 is 1.77. The van der Waals surface area contributed by atoms with E-state index in [0.717, 1.165) is 29.3 Å². The van der Waals surface area contributed by atoms with Gasteiger partial charge >= 0.3 is 0 Å². The van der Waals surface area contributed by atoms with Crippen LogP contribution in [0.2, 0.25) is 0 Å². The number of aromatic nitrogens is 1. The van der Waals surface area contributed by atoms with Gasteiger partial charge in [0.15, 0.2) is 0 Å². The normalized spacial score (nSPS) is 11.3. The largest absolute Gasteiger partial charge is 0.399 e. The van der Waals surface area contributed by atoms with Crippen LogP contribution in [-0.2, 0) is 13.1 Å². The molecule has 3 nitrogen and oxygen atoms in total. The van der Waals surface area contributed by atoms with Crippen LogP contribution in [0.5, 0.6) is 0 Å². The first-order chi connectivity index (χ1) is 9.70. The number of hydrogen-bond acceptors (Lipinski definition) is 4. The number of anilines is 1. The minimum atomic E-state index is 0.808. The molecule has 2 N–H and O–H groups in total. The maximum Gasteiger partial charge on any atom is 0.108 e. The second-order valence-corrected chi connectivity index (χ2v) is 6.10. The van der Waals surface area contributed by atoms with Gasteiger partial charge in [-0.15, -0.1) is 11.3 Å². The lowest BCUT2D eigenvalue weighted by atomic mass is 10.2. The first-order valence-corrected chi connectivity index (χ1v) is 7.40. The fraction of sp³-hybridized carbons (Fsp3) is 0.188. The summed E-state index contributed by atoms with van der Waals surface area (Å²) in [6, 6.07) is 16.3. The number of nitrogens with two attached hydrogens (primary N) is 1. The van der Waals surface area contributed by atoms with E-state index in [9.17, 15) is 0 Å². The monoisotopic (exact) mass is 283 g/mol. The summed E-state index contributed by atoms with van der Waals surface area (Å²) < 4.78 is 1.25. The summed E-state index contributed by atoms with van der Waals surface area (Å²) in [6.07, 6.45) is 0. The third-order valence-corrected chi connectivity index (χ3v) is 4.20. The van der Waals surface area contributed by atoms with Crippen molar-refractivity contribution in [2.45, 2.75) is 13.1 Å². The summed E-state index contributed by atoms with van der Waals surface area (Å²) in [7, 11) is 2.11. The molecule has 3 rings (SSSR count). The van der Waals surface area contributed by atoms with E-state index in [2.05, 4.69) is 47.3 Å². The van der Waals surface area contributed by atoms with Gasteiger partial charge in [0.1, 0.15) is 5.01 Å². The highest BCUT2D eigenvalue weighted by molar-refractivity contribution is 7.18. The van der Waals surface area contributed by atoms with Gasteiger partial charge < -0.3 is 5.73 Å². The number of nitrogen functional groups attached to an aromatic ring is 1. The Hall–Kier alpha value is -1.91. The van der Waals surface area contributed by atoms with Crippen LogP contribution in [0.15, 0.2) is 48.5 Å². The lowest BCUT2D eigenvalue weighted by Crippen LogP contribution is -2.17. The van der Waals surface area contributed by atoms with Crippen molar-refractivity contribution in [3.63, 3.8) is 0 Å². The first-order valence-electron chi connectivity index (χ1n) is 6.58. The predicted molar refractivity (Wildman–Crippen MR) is 85.6 cm³/mol. The van der Waals surface area contributed by atoms with Gasteiger partial charge in [-0.05, 0) is 36.9 Å². The van der Waals surface area contributed by atoms with Crippen LogP contribution in [0, 0.1) is 0 Å². The van der Waals surface area contributed by atoms with E-state index < -0.39 is 0 Å². The third-order valence-electron chi connectivity index (χ3n) is 3.18. The SMILES string of the molecule is CN(Cc1ccc(N)cc1)Cc1nc2ccccc2s1. The topological polar surface area (TPSA) is 42.1 Å². The highest BCUT2D eigenvalue weighted by atomic mass is 32.1. The Labute approximate surface area is 122 Å². The number of rotatable bonds is 4. The number of nitrogens with zero attached hydrogens (tertiary/aromatic N) is 2. The molecule has 0 aliphatic heterocycles. The molecular formula is C16H17N3S. The molecule has 0 bridgehead atoms. The van der Waals surface area contributed by atoms with E-state index >= 15 is 0 Å². The molecule has 2 aromatic carbocycles. The molecule has 3 aromatic rings. The molecule has 1 heterocycles. The molecule has 0 aliphatic carbocycles. The zero-order valence-electron chi connectivity index (χ0n) is 11.4. The van der Waals surface area contributed by atoms with Crippen LogP contribution in [0.3, 0.4) is 0 Å². The van der Waals surface area contributed by atoms with Crippen LogP contribution >= 0.6 is 11.3 Å². The molecule has 0 radical (unpaired) electrons. The van der Waals surface area contributed by atoms with Gasteiger partial charge in [0.05, 0.1) is 16.8 Å². The fourth-order valence-electron chi connectivity index (χ4n) is 2.21. The van der Waals surface area contributed by atoms with Crippen molar-refractivity contribution in [3.8, 4) is 0 Å². The number of benzene rings is 2. The van der Waals surface area contributed by atoms with Crippen molar-refractivity contribution >= 4 is 27.2 Å². The Bertz CT molecular complexity index is 670. The molecule has 0 amide bonds. The van der Waals surface area contributed by atoms with Gasteiger partial charge in [-0.1, -0.05) is 24.3 Å². The summed E-state index contributed by atoms with van der Waals surface area (Å²) in [5.74, 6) is 0. The molecule has 0 saturated carbocycles. The maximum atomic E-state index is 5.70. The highest BCUT2D eigenvalue weighted by Crippen LogP contribution is 2.22. The summed E-state index contributed by atoms with van der Waals surface area (Å²) in [6.45, 7) is 1.76. The van der Waals surface area contributed by atoms with Crippen LogP contribution in [0.1, 0.15) is 10.6 Å². The van der Waals surface area contributed by atoms with Crippen molar-refractivity contribution in [3.05, 3.63) is 59.1 Å². The molecule has 102 valence electrons. The number of para-hydroxylation sites is 1. The van der Waals surface area contributed by atoms with Gasteiger partial charge in [0.2, 0.25) is 0 Å². The van der Waals surface area contributed by atoms with Crippen LogP contribution in [0.25, 0.3) is 10.2 Å². The molecule has 1 aromatic heterocycles. The molecule has 0 atom stereocenters. The smallest absolute Gasteiger partial charge is 0.108 e. The average Bonchev–Trinajstić information content (AvgIpc) is 2.83. The van der Waals surface area contributed by atoms with E-state index in [4.69, 9.17) is 5.73 Å². The lowest BCUT2D eigenvalue weighted by molar-refractivity contribution is 0.319. The van der Waals surface area contributed by atoms with E-state index in [1.807, 2.05) is 18.2 Å². The van der Waals surface area contributed by atoms with Crippen molar-refractivity contribution < 1.29 is 0 Å². The highest BCUT2D eigenvalue weighted by Gasteiger charge is 2.07. The Morgan fingerprint density at radius 2 is 1.80 bits per heavy atom. The molecule has 4 heteroatoms. The van der Waals surface area contributed by atoms with Gasteiger partial charge in [-0.2, -0.15) is 0 Å². The standard InChI is InChI=1S/C16H17N3S/c1-19(10-12-6-8-13(17)9-7-12)11-16-18-14-4-2-3-5-15(14)20-16/h2-9H,10-11,17H2,1H3. The van der Waals surface area contributed by atoms with Crippen LogP contribution < -0.4 is 5.73 Å². The molecular weight excluding hydrogens is 266 g/mol. The number of hydrogen-bond donors (Lipinski definition) is 1. The Morgan fingerprint density at radius 3 is 2.55 bits per heavy atom. The van der Waals surface area contributed by atoms with Crippen molar-refractivity contribution in [1.29, 1.82) is 0 Å². The van der Waals surface area contributed by atoms with E-state index in [0.29, 0.717) is 0 Å². The van der Waals surface area contributed by atoms with E-state index in [-0.39, 0.29) is 0 Å². The Morgan fingerprint density at radius 1 is 1.05 bits per heavy atom. The van der Waals surface area contributed by atoms with Crippen LogP contribution in [0.4, 0.5) is 5.69 Å². The molecule has 0 aliphatic rings.